The number of anilines is 2. The van der Waals surface area contributed by atoms with Gasteiger partial charge in [0, 0.05) is 11.3 Å². The molecule has 0 unspecified atom stereocenters. The molecule has 0 saturated carbocycles. The molecule has 4 N–H and O–H groups in total. The third kappa shape index (κ3) is 4.41. The summed E-state index contributed by atoms with van der Waals surface area (Å²) in [5.74, 6) is 6.15. The summed E-state index contributed by atoms with van der Waals surface area (Å²) < 4.78 is 25.1. The van der Waals surface area contributed by atoms with Gasteiger partial charge in [0.05, 0.1) is 10.6 Å². The predicted molar refractivity (Wildman–Crippen MR) is 103 cm³/mol. The summed E-state index contributed by atoms with van der Waals surface area (Å²) in [6.45, 7) is 0. The number of aromatic nitrogens is 1. The van der Waals surface area contributed by atoms with E-state index in [0.29, 0.717) is 28.3 Å². The number of pyridine rings is 1. The molecule has 0 aliphatic carbocycles. The molecule has 0 saturated heterocycles. The van der Waals surface area contributed by atoms with Crippen molar-refractivity contribution in [3.05, 3.63) is 83.6 Å². The van der Waals surface area contributed by atoms with Gasteiger partial charge in [-0.15, -0.1) is 0 Å². The SMILES string of the molecule is Nc1cccc(CS(=O)(=O)c2ccc(C#Cc3cccc(N)n3)cc2)c1. The van der Waals surface area contributed by atoms with Gasteiger partial charge in [0.25, 0.3) is 0 Å². The molecule has 130 valence electrons. The molecule has 0 fully saturated rings. The summed E-state index contributed by atoms with van der Waals surface area (Å²) in [6.07, 6.45) is 0. The first-order chi connectivity index (χ1) is 12.4. The molecule has 1 aromatic heterocycles. The first-order valence-electron chi connectivity index (χ1n) is 7.84. The zero-order valence-electron chi connectivity index (χ0n) is 13.9. The van der Waals surface area contributed by atoms with E-state index in [9.17, 15) is 8.42 Å². The Balaban J connectivity index is 1.79. The van der Waals surface area contributed by atoms with Crippen molar-refractivity contribution in [3.8, 4) is 11.8 Å². The van der Waals surface area contributed by atoms with Gasteiger partial charge in [-0.05, 0) is 60.0 Å². The van der Waals surface area contributed by atoms with E-state index in [0.717, 1.165) is 0 Å². The fourth-order valence-corrected chi connectivity index (χ4v) is 3.72. The number of nitrogens with two attached hydrogens (primary N) is 2. The molecule has 5 nitrogen and oxygen atoms in total. The normalized spacial score (nSPS) is 10.8. The van der Waals surface area contributed by atoms with Crippen LogP contribution < -0.4 is 11.5 Å². The van der Waals surface area contributed by atoms with Gasteiger partial charge in [-0.1, -0.05) is 24.1 Å². The molecule has 2 aromatic carbocycles. The van der Waals surface area contributed by atoms with Crippen LogP contribution in [0.3, 0.4) is 0 Å². The fraction of sp³-hybridized carbons (Fsp3) is 0.0500. The quantitative estimate of drug-likeness (QED) is 0.550. The number of hydrogen-bond acceptors (Lipinski definition) is 5. The summed E-state index contributed by atoms with van der Waals surface area (Å²) in [7, 11) is -3.45. The van der Waals surface area contributed by atoms with Crippen LogP contribution in [0.4, 0.5) is 11.5 Å². The Hall–Kier alpha value is -3.30. The zero-order valence-corrected chi connectivity index (χ0v) is 14.7. The van der Waals surface area contributed by atoms with E-state index >= 15 is 0 Å². The lowest BCUT2D eigenvalue weighted by Gasteiger charge is -2.05. The molecular formula is C20H17N3O2S. The molecule has 0 aliphatic heterocycles. The number of nitrogen functional groups attached to an aromatic ring is 2. The molecule has 3 rings (SSSR count). The largest absolute Gasteiger partial charge is 0.399 e. The standard InChI is InChI=1S/C20H17N3O2S/c21-17-4-1-3-16(13-17)14-26(24,25)19-11-8-15(9-12-19)7-10-18-5-2-6-20(22)23-18/h1-6,8-9,11-13H,14,21H2,(H2,22,23). The minimum atomic E-state index is -3.45. The monoisotopic (exact) mass is 363 g/mol. The van der Waals surface area contributed by atoms with E-state index in [1.54, 1.807) is 66.7 Å². The number of rotatable bonds is 3. The molecule has 1 heterocycles. The molecule has 26 heavy (non-hydrogen) atoms. The smallest absolute Gasteiger partial charge is 0.182 e. The molecule has 0 aliphatic rings. The number of hydrogen-bond donors (Lipinski definition) is 2. The highest BCUT2D eigenvalue weighted by Gasteiger charge is 2.15. The molecule has 3 aromatic rings. The van der Waals surface area contributed by atoms with Gasteiger partial charge in [0.2, 0.25) is 0 Å². The van der Waals surface area contributed by atoms with Crippen molar-refractivity contribution < 1.29 is 8.42 Å². The summed E-state index contributed by atoms with van der Waals surface area (Å²) in [5.41, 5.74) is 13.8. The van der Waals surface area contributed by atoms with Crippen molar-refractivity contribution in [2.45, 2.75) is 10.6 Å². The van der Waals surface area contributed by atoms with Crippen molar-refractivity contribution in [2.75, 3.05) is 11.5 Å². The molecule has 0 atom stereocenters. The maximum atomic E-state index is 12.5. The highest BCUT2D eigenvalue weighted by Crippen LogP contribution is 2.18. The Morgan fingerprint density at radius 3 is 2.31 bits per heavy atom. The Kier molecular flexibility index (Phi) is 4.92. The van der Waals surface area contributed by atoms with E-state index in [4.69, 9.17) is 11.5 Å². The van der Waals surface area contributed by atoms with Crippen LogP contribution in [0.15, 0.2) is 71.6 Å². The average molecular weight is 363 g/mol. The van der Waals surface area contributed by atoms with Crippen molar-refractivity contribution in [1.29, 1.82) is 0 Å². The maximum absolute atomic E-state index is 12.5. The second-order valence-corrected chi connectivity index (χ2v) is 7.72. The lowest BCUT2D eigenvalue weighted by molar-refractivity contribution is 0.595. The van der Waals surface area contributed by atoms with Crippen LogP contribution in [-0.4, -0.2) is 13.4 Å². The van der Waals surface area contributed by atoms with Crippen LogP contribution in [0.1, 0.15) is 16.8 Å². The summed E-state index contributed by atoms with van der Waals surface area (Å²) >= 11 is 0. The molecule has 0 spiro atoms. The second-order valence-electron chi connectivity index (χ2n) is 5.73. The van der Waals surface area contributed by atoms with Crippen molar-refractivity contribution in [2.24, 2.45) is 0 Å². The van der Waals surface area contributed by atoms with E-state index in [1.165, 1.54) is 0 Å². The topological polar surface area (TPSA) is 99.1 Å². The van der Waals surface area contributed by atoms with Gasteiger partial charge in [0.1, 0.15) is 11.5 Å². The third-order valence-electron chi connectivity index (χ3n) is 3.63. The molecule has 0 radical (unpaired) electrons. The predicted octanol–water partition coefficient (Wildman–Crippen LogP) is 2.62. The minimum Gasteiger partial charge on any atom is -0.399 e. The number of benzene rings is 2. The molecule has 6 heteroatoms. The highest BCUT2D eigenvalue weighted by atomic mass is 32.2. The first-order valence-corrected chi connectivity index (χ1v) is 9.49. The van der Waals surface area contributed by atoms with Gasteiger partial charge in [-0.2, -0.15) is 0 Å². The van der Waals surface area contributed by atoms with Crippen LogP contribution in [0.25, 0.3) is 0 Å². The van der Waals surface area contributed by atoms with Crippen LogP contribution in [-0.2, 0) is 15.6 Å². The lowest BCUT2D eigenvalue weighted by Crippen LogP contribution is -2.05. The first kappa shape index (κ1) is 17.5. The van der Waals surface area contributed by atoms with E-state index in [1.807, 2.05) is 0 Å². The Morgan fingerprint density at radius 2 is 1.62 bits per heavy atom. The molecule has 0 amide bonds. The lowest BCUT2D eigenvalue weighted by atomic mass is 10.2. The second kappa shape index (κ2) is 7.30. The average Bonchev–Trinajstić information content (AvgIpc) is 2.60. The van der Waals surface area contributed by atoms with Gasteiger partial charge >= 0.3 is 0 Å². The summed E-state index contributed by atoms with van der Waals surface area (Å²) in [5, 5.41) is 0. The number of sulfone groups is 1. The fourth-order valence-electron chi connectivity index (χ4n) is 2.39. The van der Waals surface area contributed by atoms with Crippen LogP contribution in [0.5, 0.6) is 0 Å². The molecular weight excluding hydrogens is 346 g/mol. The van der Waals surface area contributed by atoms with Gasteiger partial charge in [-0.25, -0.2) is 13.4 Å². The van der Waals surface area contributed by atoms with E-state index in [-0.39, 0.29) is 10.6 Å². The summed E-state index contributed by atoms with van der Waals surface area (Å²) in [6, 6.07) is 18.5. The maximum Gasteiger partial charge on any atom is 0.182 e. The van der Waals surface area contributed by atoms with Gasteiger partial charge < -0.3 is 11.5 Å². The molecule has 0 bridgehead atoms. The number of nitrogens with zero attached hydrogens (tertiary/aromatic N) is 1. The van der Waals surface area contributed by atoms with E-state index in [2.05, 4.69) is 16.8 Å². The van der Waals surface area contributed by atoms with Crippen molar-refractivity contribution >= 4 is 21.3 Å². The van der Waals surface area contributed by atoms with Gasteiger partial charge in [0.15, 0.2) is 9.84 Å². The minimum absolute atomic E-state index is 0.101. The summed E-state index contributed by atoms with van der Waals surface area (Å²) in [4.78, 5) is 4.34. The van der Waals surface area contributed by atoms with Crippen molar-refractivity contribution in [1.82, 2.24) is 4.98 Å². The Labute approximate surface area is 152 Å². The van der Waals surface area contributed by atoms with Crippen LogP contribution >= 0.6 is 0 Å². The van der Waals surface area contributed by atoms with Crippen LogP contribution in [0, 0.1) is 11.8 Å². The van der Waals surface area contributed by atoms with Gasteiger partial charge in [-0.3, -0.25) is 0 Å². The Morgan fingerprint density at radius 1 is 0.885 bits per heavy atom. The zero-order chi connectivity index (χ0) is 18.6. The van der Waals surface area contributed by atoms with Crippen LogP contribution in [0.2, 0.25) is 0 Å². The van der Waals surface area contributed by atoms with Crippen molar-refractivity contribution in [3.63, 3.8) is 0 Å². The van der Waals surface area contributed by atoms with E-state index < -0.39 is 9.84 Å². The Bertz CT molecular complexity index is 1100. The third-order valence-corrected chi connectivity index (χ3v) is 5.33. The highest BCUT2D eigenvalue weighted by molar-refractivity contribution is 7.90.